The first-order chi connectivity index (χ1) is 9.70. The van der Waals surface area contributed by atoms with Crippen LogP contribution in [0.15, 0.2) is 24.3 Å². The van der Waals surface area contributed by atoms with Gasteiger partial charge in [0, 0.05) is 0 Å². The minimum Gasteiger partial charge on any atom is -0.492 e. The Bertz CT molecular complexity index is 583. The van der Waals surface area contributed by atoms with E-state index in [0.29, 0.717) is 24.4 Å². The van der Waals surface area contributed by atoms with Crippen molar-refractivity contribution in [2.45, 2.75) is 20.3 Å². The fraction of sp³-hybridized carbons (Fsp3) is 0.357. The van der Waals surface area contributed by atoms with E-state index in [1.54, 1.807) is 0 Å². The molecule has 0 aliphatic heterocycles. The number of hydrogen-bond donors (Lipinski definition) is 1. The molecule has 1 N–H and O–H groups in total. The number of carbonyl (C=O) groups is 1. The molecule has 0 saturated carbocycles. The van der Waals surface area contributed by atoms with E-state index in [-0.39, 0.29) is 5.91 Å². The van der Waals surface area contributed by atoms with E-state index >= 15 is 0 Å². The van der Waals surface area contributed by atoms with Gasteiger partial charge in [-0.05, 0) is 42.6 Å². The van der Waals surface area contributed by atoms with Crippen LogP contribution in [-0.4, -0.2) is 28.6 Å². The lowest BCUT2D eigenvalue weighted by Crippen LogP contribution is -2.28. The Kier molecular flexibility index (Phi) is 5.06. The van der Waals surface area contributed by atoms with Gasteiger partial charge in [0.05, 0.1) is 12.2 Å². The molecule has 0 saturated heterocycles. The average Bonchev–Trinajstić information content (AvgIpc) is 2.92. The monoisotopic (exact) mass is 291 g/mol. The third kappa shape index (κ3) is 3.77. The van der Waals surface area contributed by atoms with Crippen LogP contribution in [0.3, 0.4) is 0 Å². The first-order valence-corrected chi connectivity index (χ1v) is 7.27. The molecule has 1 aromatic carbocycles. The SMILES string of the molecule is CCc1nnsc1C(=O)NCCOc1cccc(C)c1. The van der Waals surface area contributed by atoms with Crippen molar-refractivity contribution in [1.29, 1.82) is 0 Å². The van der Waals surface area contributed by atoms with E-state index in [9.17, 15) is 4.79 Å². The van der Waals surface area contributed by atoms with Gasteiger partial charge in [0.25, 0.3) is 5.91 Å². The first-order valence-electron chi connectivity index (χ1n) is 6.49. The molecule has 106 valence electrons. The summed E-state index contributed by atoms with van der Waals surface area (Å²) in [5.41, 5.74) is 1.89. The minimum atomic E-state index is -0.135. The Labute approximate surface area is 122 Å². The van der Waals surface area contributed by atoms with E-state index in [1.807, 2.05) is 38.1 Å². The highest BCUT2D eigenvalue weighted by Gasteiger charge is 2.14. The summed E-state index contributed by atoms with van der Waals surface area (Å²) in [6.45, 7) is 4.85. The summed E-state index contributed by atoms with van der Waals surface area (Å²) in [5.74, 6) is 0.678. The molecule has 0 unspecified atom stereocenters. The van der Waals surface area contributed by atoms with Gasteiger partial charge < -0.3 is 10.1 Å². The van der Waals surface area contributed by atoms with Crippen molar-refractivity contribution in [3.05, 3.63) is 40.4 Å². The number of benzene rings is 1. The summed E-state index contributed by atoms with van der Waals surface area (Å²) in [6, 6.07) is 7.82. The summed E-state index contributed by atoms with van der Waals surface area (Å²) in [6.07, 6.45) is 0.707. The maximum atomic E-state index is 11.9. The van der Waals surface area contributed by atoms with Crippen LogP contribution in [0.1, 0.15) is 27.9 Å². The Morgan fingerprint density at radius 3 is 3.05 bits per heavy atom. The molecule has 0 bridgehead atoms. The van der Waals surface area contributed by atoms with Crippen molar-refractivity contribution < 1.29 is 9.53 Å². The minimum absolute atomic E-state index is 0.135. The molecular weight excluding hydrogens is 274 g/mol. The summed E-state index contributed by atoms with van der Waals surface area (Å²) < 4.78 is 9.37. The van der Waals surface area contributed by atoms with Gasteiger partial charge in [-0.15, -0.1) is 5.10 Å². The van der Waals surface area contributed by atoms with Gasteiger partial charge >= 0.3 is 0 Å². The fourth-order valence-electron chi connectivity index (χ4n) is 1.73. The summed E-state index contributed by atoms with van der Waals surface area (Å²) >= 11 is 1.12. The van der Waals surface area contributed by atoms with Crippen LogP contribution < -0.4 is 10.1 Å². The zero-order valence-electron chi connectivity index (χ0n) is 11.5. The number of nitrogens with one attached hydrogen (secondary N) is 1. The van der Waals surface area contributed by atoms with Crippen LogP contribution in [-0.2, 0) is 6.42 Å². The zero-order valence-corrected chi connectivity index (χ0v) is 12.4. The average molecular weight is 291 g/mol. The smallest absolute Gasteiger partial charge is 0.265 e. The second-order valence-corrected chi connectivity index (χ2v) is 5.08. The molecule has 5 nitrogen and oxygen atoms in total. The van der Waals surface area contributed by atoms with E-state index < -0.39 is 0 Å². The first kappa shape index (κ1) is 14.5. The Balaban J connectivity index is 1.77. The third-order valence-electron chi connectivity index (χ3n) is 2.74. The van der Waals surface area contributed by atoms with Gasteiger partial charge in [-0.1, -0.05) is 23.5 Å². The van der Waals surface area contributed by atoms with E-state index in [2.05, 4.69) is 14.9 Å². The highest BCUT2D eigenvalue weighted by molar-refractivity contribution is 7.08. The van der Waals surface area contributed by atoms with Gasteiger partial charge in [0.1, 0.15) is 17.2 Å². The molecular formula is C14H17N3O2S. The number of hydrogen-bond acceptors (Lipinski definition) is 5. The van der Waals surface area contributed by atoms with Crippen molar-refractivity contribution in [3.8, 4) is 5.75 Å². The number of ether oxygens (including phenoxy) is 1. The van der Waals surface area contributed by atoms with E-state index in [0.717, 1.165) is 28.5 Å². The normalized spacial score (nSPS) is 10.3. The quantitative estimate of drug-likeness (QED) is 0.829. The molecule has 0 spiro atoms. The molecule has 0 aliphatic carbocycles. The molecule has 1 heterocycles. The van der Waals surface area contributed by atoms with Gasteiger partial charge in [-0.25, -0.2) is 0 Å². The largest absolute Gasteiger partial charge is 0.492 e. The predicted molar refractivity (Wildman–Crippen MR) is 78.3 cm³/mol. The molecule has 2 aromatic rings. The summed E-state index contributed by atoms with van der Waals surface area (Å²) in [4.78, 5) is 12.5. The van der Waals surface area contributed by atoms with Crippen LogP contribution in [0, 0.1) is 6.92 Å². The Morgan fingerprint density at radius 2 is 2.30 bits per heavy atom. The van der Waals surface area contributed by atoms with Crippen molar-refractivity contribution in [3.63, 3.8) is 0 Å². The lowest BCUT2D eigenvalue weighted by molar-refractivity contribution is 0.0950. The number of nitrogens with zero attached hydrogens (tertiary/aromatic N) is 2. The topological polar surface area (TPSA) is 64.1 Å². The van der Waals surface area contributed by atoms with Gasteiger partial charge in [0.2, 0.25) is 0 Å². The molecule has 1 aromatic heterocycles. The lowest BCUT2D eigenvalue weighted by atomic mass is 10.2. The molecule has 6 heteroatoms. The molecule has 1 amide bonds. The van der Waals surface area contributed by atoms with Crippen LogP contribution in [0.5, 0.6) is 5.75 Å². The van der Waals surface area contributed by atoms with Crippen LogP contribution in [0.4, 0.5) is 0 Å². The van der Waals surface area contributed by atoms with Crippen LogP contribution in [0.25, 0.3) is 0 Å². The van der Waals surface area contributed by atoms with Crippen molar-refractivity contribution in [2.75, 3.05) is 13.2 Å². The maximum absolute atomic E-state index is 11.9. The number of aromatic nitrogens is 2. The highest BCUT2D eigenvalue weighted by atomic mass is 32.1. The molecule has 0 aliphatic rings. The molecule has 0 atom stereocenters. The molecule has 2 rings (SSSR count). The lowest BCUT2D eigenvalue weighted by Gasteiger charge is -2.07. The van der Waals surface area contributed by atoms with Crippen LogP contribution >= 0.6 is 11.5 Å². The number of amides is 1. The fourth-order valence-corrected chi connectivity index (χ4v) is 2.40. The predicted octanol–water partition coefficient (Wildman–Crippen LogP) is 2.22. The van der Waals surface area contributed by atoms with E-state index in [1.165, 1.54) is 0 Å². The highest BCUT2D eigenvalue weighted by Crippen LogP contribution is 2.12. The zero-order chi connectivity index (χ0) is 14.4. The van der Waals surface area contributed by atoms with Gasteiger partial charge in [-0.3, -0.25) is 4.79 Å². The van der Waals surface area contributed by atoms with Crippen molar-refractivity contribution in [2.24, 2.45) is 0 Å². The van der Waals surface area contributed by atoms with Gasteiger partial charge in [-0.2, -0.15) is 0 Å². The number of aryl methyl sites for hydroxylation is 2. The molecule has 0 fully saturated rings. The second kappa shape index (κ2) is 7.00. The standard InChI is InChI=1S/C14H17N3O2S/c1-3-12-13(20-17-16-12)14(18)15-7-8-19-11-6-4-5-10(2)9-11/h4-6,9H,3,7-8H2,1-2H3,(H,15,18). The number of carbonyl (C=O) groups excluding carboxylic acids is 1. The third-order valence-corrected chi connectivity index (χ3v) is 3.51. The summed E-state index contributed by atoms with van der Waals surface area (Å²) in [5, 5.41) is 6.73. The summed E-state index contributed by atoms with van der Waals surface area (Å²) in [7, 11) is 0. The van der Waals surface area contributed by atoms with Crippen molar-refractivity contribution >= 4 is 17.4 Å². The molecule has 0 radical (unpaired) electrons. The van der Waals surface area contributed by atoms with Crippen molar-refractivity contribution in [1.82, 2.24) is 14.9 Å². The van der Waals surface area contributed by atoms with Gasteiger partial charge in [0.15, 0.2) is 0 Å². The Hall–Kier alpha value is -1.95. The number of rotatable bonds is 6. The Morgan fingerprint density at radius 1 is 1.45 bits per heavy atom. The molecule has 20 heavy (non-hydrogen) atoms. The second-order valence-electron chi connectivity index (χ2n) is 4.32. The van der Waals surface area contributed by atoms with E-state index in [4.69, 9.17) is 4.74 Å². The maximum Gasteiger partial charge on any atom is 0.265 e. The van der Waals surface area contributed by atoms with Crippen LogP contribution in [0.2, 0.25) is 0 Å².